The van der Waals surface area contributed by atoms with Gasteiger partial charge >= 0.3 is 0 Å². The molecular formula is C17H32N2O. The van der Waals surface area contributed by atoms with E-state index in [-0.39, 0.29) is 12.2 Å². The first-order valence-electron chi connectivity index (χ1n) is 8.42. The van der Waals surface area contributed by atoms with Crippen molar-refractivity contribution >= 4 is 5.91 Å². The second-order valence-corrected chi connectivity index (χ2v) is 7.96. The van der Waals surface area contributed by atoms with Gasteiger partial charge in [-0.05, 0) is 43.4 Å². The van der Waals surface area contributed by atoms with E-state index in [1.807, 2.05) is 0 Å². The zero-order chi connectivity index (χ0) is 14.9. The van der Waals surface area contributed by atoms with Gasteiger partial charge in [0.2, 0.25) is 5.91 Å². The lowest BCUT2D eigenvalue weighted by Gasteiger charge is -2.31. The average Bonchev–Trinajstić information content (AvgIpc) is 2.81. The van der Waals surface area contributed by atoms with Crippen molar-refractivity contribution < 1.29 is 4.79 Å². The fourth-order valence-electron chi connectivity index (χ4n) is 3.92. The molecule has 0 aromatic carbocycles. The monoisotopic (exact) mass is 280 g/mol. The number of amides is 1. The molecule has 1 saturated carbocycles. The summed E-state index contributed by atoms with van der Waals surface area (Å²) in [7, 11) is 0. The minimum absolute atomic E-state index is 0.0512. The van der Waals surface area contributed by atoms with Crippen LogP contribution in [0.3, 0.4) is 0 Å². The van der Waals surface area contributed by atoms with Crippen LogP contribution < -0.4 is 5.32 Å². The van der Waals surface area contributed by atoms with Crippen LogP contribution in [0.2, 0.25) is 0 Å². The summed E-state index contributed by atoms with van der Waals surface area (Å²) in [5.41, 5.74) is 0.401. The number of nitrogens with one attached hydrogen (secondary N) is 1. The van der Waals surface area contributed by atoms with E-state index in [9.17, 15) is 4.79 Å². The van der Waals surface area contributed by atoms with Crippen molar-refractivity contribution in [3.63, 3.8) is 0 Å². The van der Waals surface area contributed by atoms with Crippen LogP contribution in [0.15, 0.2) is 0 Å². The second kappa shape index (κ2) is 6.05. The third kappa shape index (κ3) is 3.36. The number of hydrogen-bond acceptors (Lipinski definition) is 2. The molecule has 2 fully saturated rings. The topological polar surface area (TPSA) is 32.3 Å². The van der Waals surface area contributed by atoms with Crippen molar-refractivity contribution in [2.75, 3.05) is 0 Å². The highest BCUT2D eigenvalue weighted by Crippen LogP contribution is 2.41. The standard InChI is InChI=1S/C17H32N2O/c1-6-7-15-18-14(10-12(2)3)16(20)19(15)13-8-9-17(4,5)11-13/h12-15,18H,6-11H2,1-5H3. The van der Waals surface area contributed by atoms with E-state index in [0.29, 0.717) is 23.3 Å². The molecule has 0 spiro atoms. The second-order valence-electron chi connectivity index (χ2n) is 7.96. The molecule has 2 rings (SSSR count). The van der Waals surface area contributed by atoms with Gasteiger partial charge in [-0.3, -0.25) is 10.1 Å². The number of hydrogen-bond donors (Lipinski definition) is 1. The van der Waals surface area contributed by atoms with E-state index >= 15 is 0 Å². The van der Waals surface area contributed by atoms with Gasteiger partial charge in [0.15, 0.2) is 0 Å². The highest BCUT2D eigenvalue weighted by molar-refractivity contribution is 5.84. The molecule has 116 valence electrons. The fourth-order valence-corrected chi connectivity index (χ4v) is 3.92. The number of carbonyl (C=O) groups is 1. The van der Waals surface area contributed by atoms with Crippen molar-refractivity contribution in [1.29, 1.82) is 0 Å². The molecular weight excluding hydrogens is 248 g/mol. The molecule has 1 aliphatic carbocycles. The number of carbonyl (C=O) groups excluding carboxylic acids is 1. The molecule has 3 unspecified atom stereocenters. The van der Waals surface area contributed by atoms with Crippen molar-refractivity contribution in [3.05, 3.63) is 0 Å². The molecule has 0 radical (unpaired) electrons. The Morgan fingerprint density at radius 1 is 1.40 bits per heavy atom. The molecule has 0 aromatic heterocycles. The Balaban J connectivity index is 2.09. The Bertz CT molecular complexity index is 351. The summed E-state index contributed by atoms with van der Waals surface area (Å²) in [4.78, 5) is 15.0. The van der Waals surface area contributed by atoms with Gasteiger partial charge in [-0.1, -0.05) is 41.0 Å². The maximum atomic E-state index is 12.8. The summed E-state index contributed by atoms with van der Waals surface area (Å²) in [6.45, 7) is 11.3. The zero-order valence-electron chi connectivity index (χ0n) is 13.9. The molecule has 1 N–H and O–H groups in total. The van der Waals surface area contributed by atoms with Gasteiger partial charge in [-0.15, -0.1) is 0 Å². The largest absolute Gasteiger partial charge is 0.323 e. The maximum absolute atomic E-state index is 12.8. The first-order valence-corrected chi connectivity index (χ1v) is 8.42. The molecule has 1 aliphatic heterocycles. The predicted octanol–water partition coefficient (Wildman–Crippen LogP) is 3.54. The minimum atomic E-state index is 0.0512. The van der Waals surface area contributed by atoms with Crippen LogP contribution in [0.25, 0.3) is 0 Å². The summed E-state index contributed by atoms with van der Waals surface area (Å²) in [6, 6.07) is 0.508. The molecule has 0 bridgehead atoms. The Morgan fingerprint density at radius 2 is 2.10 bits per heavy atom. The summed E-state index contributed by atoms with van der Waals surface area (Å²) in [5, 5.41) is 3.60. The number of nitrogens with zero attached hydrogens (tertiary/aromatic N) is 1. The van der Waals surface area contributed by atoms with Crippen LogP contribution in [-0.4, -0.2) is 29.1 Å². The third-order valence-corrected chi connectivity index (χ3v) is 4.89. The quantitative estimate of drug-likeness (QED) is 0.835. The van der Waals surface area contributed by atoms with E-state index in [4.69, 9.17) is 0 Å². The molecule has 3 atom stereocenters. The predicted molar refractivity (Wildman–Crippen MR) is 83.3 cm³/mol. The van der Waals surface area contributed by atoms with Gasteiger partial charge in [0.05, 0.1) is 12.2 Å². The van der Waals surface area contributed by atoms with Crippen molar-refractivity contribution in [1.82, 2.24) is 10.2 Å². The van der Waals surface area contributed by atoms with Gasteiger partial charge in [0.25, 0.3) is 0 Å². The first kappa shape index (κ1) is 15.8. The molecule has 0 aromatic rings. The van der Waals surface area contributed by atoms with E-state index in [0.717, 1.165) is 25.7 Å². The van der Waals surface area contributed by atoms with Gasteiger partial charge in [0.1, 0.15) is 0 Å². The van der Waals surface area contributed by atoms with E-state index in [1.54, 1.807) is 0 Å². The van der Waals surface area contributed by atoms with Crippen LogP contribution in [0.4, 0.5) is 0 Å². The van der Waals surface area contributed by atoms with E-state index < -0.39 is 0 Å². The average molecular weight is 280 g/mol. The lowest BCUT2D eigenvalue weighted by Crippen LogP contribution is -2.43. The molecule has 20 heavy (non-hydrogen) atoms. The van der Waals surface area contributed by atoms with Gasteiger partial charge in [0, 0.05) is 6.04 Å². The Hall–Kier alpha value is -0.570. The van der Waals surface area contributed by atoms with Crippen LogP contribution in [0.5, 0.6) is 0 Å². The van der Waals surface area contributed by atoms with Gasteiger partial charge < -0.3 is 4.90 Å². The van der Waals surface area contributed by atoms with Crippen LogP contribution in [0.1, 0.15) is 73.1 Å². The van der Waals surface area contributed by atoms with Crippen molar-refractivity contribution in [3.8, 4) is 0 Å². The summed E-state index contributed by atoms with van der Waals surface area (Å²) < 4.78 is 0. The minimum Gasteiger partial charge on any atom is -0.323 e. The molecule has 2 aliphatic rings. The summed E-state index contributed by atoms with van der Waals surface area (Å²) in [5.74, 6) is 0.929. The lowest BCUT2D eigenvalue weighted by atomic mass is 9.91. The van der Waals surface area contributed by atoms with Crippen LogP contribution in [0, 0.1) is 11.3 Å². The summed E-state index contributed by atoms with van der Waals surface area (Å²) >= 11 is 0. The van der Waals surface area contributed by atoms with Gasteiger partial charge in [-0.2, -0.15) is 0 Å². The molecule has 3 heteroatoms. The third-order valence-electron chi connectivity index (χ3n) is 4.89. The zero-order valence-corrected chi connectivity index (χ0v) is 13.9. The lowest BCUT2D eigenvalue weighted by molar-refractivity contribution is -0.132. The Kier molecular flexibility index (Phi) is 4.78. The highest BCUT2D eigenvalue weighted by Gasteiger charge is 2.45. The maximum Gasteiger partial charge on any atom is 0.241 e. The van der Waals surface area contributed by atoms with Crippen molar-refractivity contribution in [2.45, 2.75) is 91.4 Å². The highest BCUT2D eigenvalue weighted by atomic mass is 16.2. The van der Waals surface area contributed by atoms with Crippen LogP contribution in [-0.2, 0) is 4.79 Å². The normalized spacial score (nSPS) is 33.4. The van der Waals surface area contributed by atoms with E-state index in [1.165, 1.54) is 12.8 Å². The Labute approximate surface area is 124 Å². The fraction of sp³-hybridized carbons (Fsp3) is 0.941. The first-order chi connectivity index (χ1) is 9.34. The Morgan fingerprint density at radius 3 is 2.60 bits per heavy atom. The van der Waals surface area contributed by atoms with Gasteiger partial charge in [-0.25, -0.2) is 0 Å². The SMILES string of the molecule is CCCC1NC(CC(C)C)C(=O)N1C1CCC(C)(C)C1. The van der Waals surface area contributed by atoms with Crippen LogP contribution >= 0.6 is 0 Å². The molecule has 1 saturated heterocycles. The molecule has 3 nitrogen and oxygen atoms in total. The van der Waals surface area contributed by atoms with E-state index in [2.05, 4.69) is 44.8 Å². The molecule has 1 heterocycles. The molecule has 1 amide bonds. The smallest absolute Gasteiger partial charge is 0.241 e. The number of rotatable bonds is 5. The van der Waals surface area contributed by atoms with Crippen molar-refractivity contribution in [2.24, 2.45) is 11.3 Å². The summed E-state index contributed by atoms with van der Waals surface area (Å²) in [6.07, 6.45) is 7.03.